The maximum absolute atomic E-state index is 12.1. The number of ether oxygens (including phenoxy) is 1. The van der Waals surface area contributed by atoms with E-state index < -0.39 is 5.91 Å². The summed E-state index contributed by atoms with van der Waals surface area (Å²) < 4.78 is 5.81. The Bertz CT molecular complexity index is 1000. The number of nitrogens with zero attached hydrogens (tertiary/aromatic N) is 1. The lowest BCUT2D eigenvalue weighted by Gasteiger charge is -2.08. The summed E-state index contributed by atoms with van der Waals surface area (Å²) in [6, 6.07) is 20.2. The fourth-order valence-electron chi connectivity index (χ4n) is 2.48. The van der Waals surface area contributed by atoms with Crippen LogP contribution in [0.4, 0.5) is 0 Å². The van der Waals surface area contributed by atoms with Crippen LogP contribution in [0.25, 0.3) is 0 Å². The number of carbonyl (C=O) groups is 1. The van der Waals surface area contributed by atoms with Crippen molar-refractivity contribution in [2.24, 2.45) is 5.10 Å². The molecule has 0 bridgehead atoms. The molecule has 142 valence electrons. The van der Waals surface area contributed by atoms with Crippen LogP contribution in [-0.4, -0.2) is 12.1 Å². The fourth-order valence-corrected chi connectivity index (χ4v) is 2.98. The van der Waals surface area contributed by atoms with Gasteiger partial charge in [-0.15, -0.1) is 0 Å². The van der Waals surface area contributed by atoms with Gasteiger partial charge in [-0.05, 0) is 66.1 Å². The Labute approximate surface area is 173 Å². The maximum atomic E-state index is 12.1. The number of hydrogen-bond acceptors (Lipinski definition) is 3. The molecule has 0 heterocycles. The lowest BCUT2D eigenvalue weighted by atomic mass is 10.1. The van der Waals surface area contributed by atoms with Gasteiger partial charge in [0.05, 0.1) is 16.8 Å². The quantitative estimate of drug-likeness (QED) is 0.420. The van der Waals surface area contributed by atoms with Crippen molar-refractivity contribution in [1.82, 2.24) is 5.43 Å². The van der Waals surface area contributed by atoms with Gasteiger partial charge in [-0.2, -0.15) is 5.10 Å². The van der Waals surface area contributed by atoms with E-state index in [-0.39, 0.29) is 5.02 Å². The number of hydrazone groups is 1. The minimum Gasteiger partial charge on any atom is -0.489 e. The average molecular weight is 413 g/mol. The van der Waals surface area contributed by atoms with Crippen molar-refractivity contribution in [1.29, 1.82) is 0 Å². The van der Waals surface area contributed by atoms with E-state index in [1.54, 1.807) is 18.3 Å². The van der Waals surface area contributed by atoms with Gasteiger partial charge in [0.25, 0.3) is 5.91 Å². The second kappa shape index (κ2) is 9.40. The molecular formula is C22H18Cl2N2O2. The normalized spacial score (nSPS) is 10.8. The van der Waals surface area contributed by atoms with Crippen LogP contribution in [0.1, 0.15) is 27.0 Å². The third kappa shape index (κ3) is 5.35. The molecule has 0 aromatic heterocycles. The predicted octanol–water partition coefficient (Wildman–Crippen LogP) is 5.64. The summed E-state index contributed by atoms with van der Waals surface area (Å²) in [5.74, 6) is 0.355. The van der Waals surface area contributed by atoms with Gasteiger partial charge < -0.3 is 4.74 Å². The average Bonchev–Trinajstić information content (AvgIpc) is 2.68. The van der Waals surface area contributed by atoms with Crippen molar-refractivity contribution in [2.45, 2.75) is 13.5 Å². The Kier molecular flexibility index (Phi) is 6.69. The number of amides is 1. The van der Waals surface area contributed by atoms with E-state index in [1.165, 1.54) is 11.6 Å². The number of aryl methyl sites for hydroxylation is 1. The summed E-state index contributed by atoms with van der Waals surface area (Å²) in [7, 11) is 0. The standard InChI is InChI=1S/C22H18Cl2N2O2/c1-15-4-2-3-5-17(15)14-28-19-9-6-16(7-10-19)13-25-26-22(27)20-11-8-18(23)12-21(20)24/h2-13H,14H2,1H3,(H,26,27)/b25-13-. The van der Waals surface area contributed by atoms with Gasteiger partial charge in [0.15, 0.2) is 0 Å². The van der Waals surface area contributed by atoms with E-state index in [2.05, 4.69) is 23.5 Å². The summed E-state index contributed by atoms with van der Waals surface area (Å²) in [6.07, 6.45) is 1.55. The summed E-state index contributed by atoms with van der Waals surface area (Å²) in [5.41, 5.74) is 5.93. The molecule has 0 aliphatic carbocycles. The van der Waals surface area contributed by atoms with Crippen LogP contribution in [0.2, 0.25) is 10.0 Å². The van der Waals surface area contributed by atoms with E-state index in [0.717, 1.165) is 16.9 Å². The van der Waals surface area contributed by atoms with E-state index in [9.17, 15) is 4.79 Å². The van der Waals surface area contributed by atoms with Crippen LogP contribution >= 0.6 is 23.2 Å². The van der Waals surface area contributed by atoms with Gasteiger partial charge in [-0.3, -0.25) is 4.79 Å². The smallest absolute Gasteiger partial charge is 0.272 e. The molecule has 0 aliphatic rings. The highest BCUT2D eigenvalue weighted by Gasteiger charge is 2.09. The van der Waals surface area contributed by atoms with Crippen LogP contribution in [0.3, 0.4) is 0 Å². The molecule has 0 saturated carbocycles. The Balaban J connectivity index is 1.55. The molecule has 0 unspecified atom stereocenters. The molecule has 1 amide bonds. The number of hydrogen-bond donors (Lipinski definition) is 1. The Hall–Kier alpha value is -2.82. The SMILES string of the molecule is Cc1ccccc1COc1ccc(/C=N\NC(=O)c2ccc(Cl)cc2Cl)cc1. The number of nitrogens with one attached hydrogen (secondary N) is 1. The van der Waals surface area contributed by atoms with E-state index in [4.69, 9.17) is 27.9 Å². The molecule has 4 nitrogen and oxygen atoms in total. The van der Waals surface area contributed by atoms with Crippen LogP contribution in [0.15, 0.2) is 71.8 Å². The van der Waals surface area contributed by atoms with Crippen molar-refractivity contribution < 1.29 is 9.53 Å². The van der Waals surface area contributed by atoms with Crippen molar-refractivity contribution in [3.63, 3.8) is 0 Å². The second-order valence-corrected chi connectivity index (χ2v) is 6.95. The van der Waals surface area contributed by atoms with Gasteiger partial charge in [-0.25, -0.2) is 5.43 Å². The number of halogens is 2. The zero-order valence-corrected chi connectivity index (χ0v) is 16.7. The summed E-state index contributed by atoms with van der Waals surface area (Å²) in [4.78, 5) is 12.1. The highest BCUT2D eigenvalue weighted by atomic mass is 35.5. The van der Waals surface area contributed by atoms with Crippen molar-refractivity contribution in [3.05, 3.63) is 99.0 Å². The molecule has 0 aliphatic heterocycles. The van der Waals surface area contributed by atoms with Gasteiger partial charge in [-0.1, -0.05) is 47.5 Å². The zero-order valence-electron chi connectivity index (χ0n) is 15.2. The zero-order chi connectivity index (χ0) is 19.9. The van der Waals surface area contributed by atoms with Crippen LogP contribution in [-0.2, 0) is 6.61 Å². The molecule has 28 heavy (non-hydrogen) atoms. The molecule has 0 atom stereocenters. The summed E-state index contributed by atoms with van der Waals surface area (Å²) in [5, 5.41) is 4.70. The number of rotatable bonds is 6. The molecule has 1 N–H and O–H groups in total. The first-order valence-corrected chi connectivity index (χ1v) is 9.34. The highest BCUT2D eigenvalue weighted by molar-refractivity contribution is 6.36. The molecule has 3 aromatic rings. The fraction of sp³-hybridized carbons (Fsp3) is 0.0909. The molecule has 0 saturated heterocycles. The predicted molar refractivity (Wildman–Crippen MR) is 113 cm³/mol. The monoisotopic (exact) mass is 412 g/mol. The maximum Gasteiger partial charge on any atom is 0.272 e. The first-order valence-electron chi connectivity index (χ1n) is 8.59. The second-order valence-electron chi connectivity index (χ2n) is 6.11. The third-order valence-electron chi connectivity index (χ3n) is 4.09. The first kappa shape index (κ1) is 19.9. The minimum atomic E-state index is -0.406. The minimum absolute atomic E-state index is 0.273. The van der Waals surface area contributed by atoms with Gasteiger partial charge in [0.2, 0.25) is 0 Å². The Morgan fingerprint density at radius 3 is 2.54 bits per heavy atom. The molecule has 3 rings (SSSR count). The summed E-state index contributed by atoms with van der Waals surface area (Å²) >= 11 is 11.8. The lowest BCUT2D eigenvalue weighted by molar-refractivity contribution is 0.0955. The van der Waals surface area contributed by atoms with Gasteiger partial charge >= 0.3 is 0 Å². The van der Waals surface area contributed by atoms with Crippen molar-refractivity contribution in [2.75, 3.05) is 0 Å². The topological polar surface area (TPSA) is 50.7 Å². The van der Waals surface area contributed by atoms with Crippen LogP contribution in [0.5, 0.6) is 5.75 Å². The Morgan fingerprint density at radius 1 is 1.07 bits per heavy atom. The van der Waals surface area contributed by atoms with Gasteiger partial charge in [0, 0.05) is 5.02 Å². The third-order valence-corrected chi connectivity index (χ3v) is 4.64. The highest BCUT2D eigenvalue weighted by Crippen LogP contribution is 2.20. The van der Waals surface area contributed by atoms with Crippen molar-refractivity contribution in [3.8, 4) is 5.75 Å². The van der Waals surface area contributed by atoms with E-state index in [0.29, 0.717) is 17.2 Å². The molecular weight excluding hydrogens is 395 g/mol. The largest absolute Gasteiger partial charge is 0.489 e. The Morgan fingerprint density at radius 2 is 1.82 bits per heavy atom. The van der Waals surface area contributed by atoms with E-state index in [1.807, 2.05) is 42.5 Å². The molecule has 0 radical (unpaired) electrons. The van der Waals surface area contributed by atoms with Crippen LogP contribution < -0.4 is 10.2 Å². The van der Waals surface area contributed by atoms with Crippen LogP contribution in [0, 0.1) is 6.92 Å². The number of carbonyl (C=O) groups excluding carboxylic acids is 1. The van der Waals surface area contributed by atoms with Crippen molar-refractivity contribution >= 4 is 35.3 Å². The molecule has 0 fully saturated rings. The van der Waals surface area contributed by atoms with Gasteiger partial charge in [0.1, 0.15) is 12.4 Å². The molecule has 6 heteroatoms. The van der Waals surface area contributed by atoms with E-state index >= 15 is 0 Å². The first-order chi connectivity index (χ1) is 13.5. The molecule has 0 spiro atoms. The number of benzene rings is 3. The molecule has 3 aromatic carbocycles. The summed E-state index contributed by atoms with van der Waals surface area (Å²) in [6.45, 7) is 2.57. The lowest BCUT2D eigenvalue weighted by Crippen LogP contribution is -2.18.